The van der Waals surface area contributed by atoms with Gasteiger partial charge in [-0.15, -0.1) is 0 Å². The molecule has 0 radical (unpaired) electrons. The molecule has 2 heterocycles. The first-order valence-corrected chi connectivity index (χ1v) is 10.5. The van der Waals surface area contributed by atoms with Crippen molar-refractivity contribution in [2.24, 2.45) is 11.8 Å². The van der Waals surface area contributed by atoms with Gasteiger partial charge in [-0.2, -0.15) is 0 Å². The Kier molecular flexibility index (Phi) is 5.76. The number of hydrogen-bond donors (Lipinski definition) is 0. The van der Waals surface area contributed by atoms with Gasteiger partial charge >= 0.3 is 0 Å². The molecule has 1 aromatic carbocycles. The molecule has 1 saturated carbocycles. The summed E-state index contributed by atoms with van der Waals surface area (Å²) in [6.07, 6.45) is 3.95. The minimum atomic E-state index is -0.127. The third-order valence-electron chi connectivity index (χ3n) is 6.46. The summed E-state index contributed by atoms with van der Waals surface area (Å²) in [5.74, 6) is -0.295. The number of carbonyl (C=O) groups is 3. The van der Waals surface area contributed by atoms with Crippen LogP contribution < -0.4 is 0 Å². The standard InChI is InChI=1S/C22H29N3O3/c26-20(10-11-25-21(27)18-8-4-5-9-19(18)22(25)28)24-14-12-23(13-15-24)16-17-6-2-1-3-7-17/h1-3,6-7,18-19H,4-5,8-16H2/t18-,19-/m1/s1. The van der Waals surface area contributed by atoms with Crippen LogP contribution in [0.15, 0.2) is 30.3 Å². The van der Waals surface area contributed by atoms with E-state index in [1.165, 1.54) is 10.5 Å². The molecule has 28 heavy (non-hydrogen) atoms. The second-order valence-electron chi connectivity index (χ2n) is 8.22. The van der Waals surface area contributed by atoms with Crippen LogP contribution in [-0.4, -0.2) is 65.1 Å². The van der Waals surface area contributed by atoms with Gasteiger partial charge < -0.3 is 4.90 Å². The van der Waals surface area contributed by atoms with E-state index < -0.39 is 0 Å². The van der Waals surface area contributed by atoms with Gasteiger partial charge in [-0.25, -0.2) is 0 Å². The second-order valence-corrected chi connectivity index (χ2v) is 8.22. The maximum atomic E-state index is 12.6. The van der Waals surface area contributed by atoms with Crippen molar-refractivity contribution in [3.8, 4) is 0 Å². The predicted molar refractivity (Wildman–Crippen MR) is 105 cm³/mol. The van der Waals surface area contributed by atoms with Crippen LogP contribution in [0.25, 0.3) is 0 Å². The molecule has 3 amide bonds. The molecule has 3 aliphatic rings. The van der Waals surface area contributed by atoms with Gasteiger partial charge in [0.25, 0.3) is 0 Å². The zero-order valence-electron chi connectivity index (χ0n) is 16.4. The van der Waals surface area contributed by atoms with Gasteiger partial charge in [-0.3, -0.25) is 24.2 Å². The summed E-state index contributed by atoms with van der Waals surface area (Å²) < 4.78 is 0. The minimum Gasteiger partial charge on any atom is -0.340 e. The summed E-state index contributed by atoms with van der Waals surface area (Å²) in [6.45, 7) is 4.27. The quantitative estimate of drug-likeness (QED) is 0.729. The molecule has 4 rings (SSSR count). The van der Waals surface area contributed by atoms with Crippen molar-refractivity contribution in [1.29, 1.82) is 0 Å². The van der Waals surface area contributed by atoms with Gasteiger partial charge in [-0.05, 0) is 18.4 Å². The van der Waals surface area contributed by atoms with Crippen molar-refractivity contribution in [3.63, 3.8) is 0 Å². The molecule has 2 saturated heterocycles. The highest BCUT2D eigenvalue weighted by atomic mass is 16.2. The van der Waals surface area contributed by atoms with Crippen molar-refractivity contribution in [1.82, 2.24) is 14.7 Å². The molecule has 2 aliphatic heterocycles. The van der Waals surface area contributed by atoms with Crippen LogP contribution in [0.4, 0.5) is 0 Å². The van der Waals surface area contributed by atoms with Gasteiger partial charge in [0.15, 0.2) is 0 Å². The molecule has 150 valence electrons. The Labute approximate surface area is 166 Å². The van der Waals surface area contributed by atoms with E-state index in [0.29, 0.717) is 13.1 Å². The number of nitrogens with zero attached hydrogens (tertiary/aromatic N) is 3. The summed E-state index contributed by atoms with van der Waals surface area (Å²) in [7, 11) is 0. The number of fused-ring (bicyclic) bond motifs is 1. The Morgan fingerprint density at radius 2 is 1.50 bits per heavy atom. The van der Waals surface area contributed by atoms with Crippen LogP contribution in [0.5, 0.6) is 0 Å². The second kappa shape index (κ2) is 8.43. The van der Waals surface area contributed by atoms with E-state index in [-0.39, 0.29) is 42.5 Å². The molecule has 2 atom stereocenters. The van der Waals surface area contributed by atoms with Crippen LogP contribution in [0, 0.1) is 11.8 Å². The highest BCUT2D eigenvalue weighted by Gasteiger charge is 2.47. The maximum Gasteiger partial charge on any atom is 0.233 e. The normalized spacial score (nSPS) is 25.9. The Bertz CT molecular complexity index is 704. The lowest BCUT2D eigenvalue weighted by atomic mass is 9.81. The fourth-order valence-electron chi connectivity index (χ4n) is 4.81. The monoisotopic (exact) mass is 383 g/mol. The van der Waals surface area contributed by atoms with E-state index >= 15 is 0 Å². The van der Waals surface area contributed by atoms with Crippen molar-refractivity contribution in [2.75, 3.05) is 32.7 Å². The molecular weight excluding hydrogens is 354 g/mol. The molecule has 6 heteroatoms. The number of likely N-dealkylation sites (tertiary alicyclic amines) is 1. The highest BCUT2D eigenvalue weighted by Crippen LogP contribution is 2.38. The number of hydrogen-bond acceptors (Lipinski definition) is 4. The zero-order chi connectivity index (χ0) is 19.5. The minimum absolute atomic E-state index is 0.0461. The lowest BCUT2D eigenvalue weighted by Crippen LogP contribution is -2.49. The van der Waals surface area contributed by atoms with Crippen molar-refractivity contribution < 1.29 is 14.4 Å². The van der Waals surface area contributed by atoms with E-state index in [0.717, 1.165) is 45.3 Å². The first-order valence-electron chi connectivity index (χ1n) is 10.5. The van der Waals surface area contributed by atoms with Crippen LogP contribution in [0.2, 0.25) is 0 Å². The lowest BCUT2D eigenvalue weighted by Gasteiger charge is -2.35. The Morgan fingerprint density at radius 1 is 0.893 bits per heavy atom. The number of piperazine rings is 1. The summed E-state index contributed by atoms with van der Waals surface area (Å²) in [5.41, 5.74) is 1.29. The Balaban J connectivity index is 1.24. The predicted octanol–water partition coefficient (Wildman–Crippen LogP) is 1.90. The Morgan fingerprint density at radius 3 is 2.11 bits per heavy atom. The smallest absolute Gasteiger partial charge is 0.233 e. The van der Waals surface area contributed by atoms with Crippen molar-refractivity contribution in [3.05, 3.63) is 35.9 Å². The number of imide groups is 1. The summed E-state index contributed by atoms with van der Waals surface area (Å²) in [6, 6.07) is 10.4. The first kappa shape index (κ1) is 19.1. The van der Waals surface area contributed by atoms with E-state index in [2.05, 4.69) is 17.0 Å². The maximum absolute atomic E-state index is 12.6. The van der Waals surface area contributed by atoms with Gasteiger partial charge in [0, 0.05) is 45.7 Å². The summed E-state index contributed by atoms with van der Waals surface area (Å²) in [5, 5.41) is 0. The van der Waals surface area contributed by atoms with Gasteiger partial charge in [0.1, 0.15) is 0 Å². The number of amides is 3. The van der Waals surface area contributed by atoms with E-state index in [1.807, 2.05) is 23.1 Å². The van der Waals surface area contributed by atoms with Crippen LogP contribution >= 0.6 is 0 Å². The molecule has 0 spiro atoms. The first-order chi connectivity index (χ1) is 13.6. The summed E-state index contributed by atoms with van der Waals surface area (Å²) in [4.78, 5) is 43.3. The lowest BCUT2D eigenvalue weighted by molar-refractivity contribution is -0.141. The van der Waals surface area contributed by atoms with Crippen molar-refractivity contribution >= 4 is 17.7 Å². The van der Waals surface area contributed by atoms with Crippen LogP contribution in [-0.2, 0) is 20.9 Å². The number of carbonyl (C=O) groups excluding carboxylic acids is 3. The average molecular weight is 383 g/mol. The summed E-state index contributed by atoms with van der Waals surface area (Å²) >= 11 is 0. The van der Waals surface area contributed by atoms with E-state index in [4.69, 9.17) is 0 Å². The largest absolute Gasteiger partial charge is 0.340 e. The zero-order valence-corrected chi connectivity index (χ0v) is 16.4. The molecule has 3 fully saturated rings. The third kappa shape index (κ3) is 3.97. The molecule has 1 aliphatic carbocycles. The van der Waals surface area contributed by atoms with E-state index in [1.54, 1.807) is 0 Å². The average Bonchev–Trinajstić information content (AvgIpc) is 2.98. The van der Waals surface area contributed by atoms with Crippen LogP contribution in [0.1, 0.15) is 37.7 Å². The topological polar surface area (TPSA) is 60.9 Å². The molecule has 0 aromatic heterocycles. The molecule has 0 unspecified atom stereocenters. The van der Waals surface area contributed by atoms with Crippen LogP contribution in [0.3, 0.4) is 0 Å². The molecule has 6 nitrogen and oxygen atoms in total. The van der Waals surface area contributed by atoms with Gasteiger partial charge in [0.05, 0.1) is 11.8 Å². The molecule has 0 N–H and O–H groups in total. The highest BCUT2D eigenvalue weighted by molar-refractivity contribution is 6.05. The molecular formula is C22H29N3O3. The van der Waals surface area contributed by atoms with Crippen molar-refractivity contribution in [2.45, 2.75) is 38.6 Å². The van der Waals surface area contributed by atoms with Gasteiger partial charge in [-0.1, -0.05) is 43.2 Å². The molecule has 0 bridgehead atoms. The number of benzene rings is 1. The van der Waals surface area contributed by atoms with Gasteiger partial charge in [0.2, 0.25) is 17.7 Å². The molecule has 1 aromatic rings. The SMILES string of the molecule is O=C(CCN1C(=O)[C@@H]2CCCC[C@H]2C1=O)N1CCN(Cc2ccccc2)CC1. The number of rotatable bonds is 5. The Hall–Kier alpha value is -2.21. The van der Waals surface area contributed by atoms with E-state index in [9.17, 15) is 14.4 Å². The third-order valence-corrected chi connectivity index (χ3v) is 6.46. The fraction of sp³-hybridized carbons (Fsp3) is 0.591. The fourth-order valence-corrected chi connectivity index (χ4v) is 4.81.